The van der Waals surface area contributed by atoms with Crippen molar-refractivity contribution < 1.29 is 4.79 Å². The lowest BCUT2D eigenvalue weighted by molar-refractivity contribution is 0.0952. The van der Waals surface area contributed by atoms with Crippen molar-refractivity contribution >= 4 is 11.5 Å². The molecule has 0 radical (unpaired) electrons. The average Bonchev–Trinajstić information content (AvgIpc) is 2.69. The summed E-state index contributed by atoms with van der Waals surface area (Å²) in [6.45, 7) is 3.99. The molecule has 0 aromatic heterocycles. The molecule has 3 rings (SSSR count). The summed E-state index contributed by atoms with van der Waals surface area (Å²) in [6.07, 6.45) is 5.61. The smallest absolute Gasteiger partial charge is 0.251 e. The van der Waals surface area contributed by atoms with Crippen molar-refractivity contribution in [3.63, 3.8) is 0 Å². The maximum absolute atomic E-state index is 12.0. The van der Waals surface area contributed by atoms with Gasteiger partial charge in [-0.3, -0.25) is 9.69 Å². The zero-order valence-electron chi connectivity index (χ0n) is 14.7. The number of nitrogens with one attached hydrogen (secondary N) is 1. The fourth-order valence-electron chi connectivity index (χ4n) is 3.18. The molecule has 25 heavy (non-hydrogen) atoms. The maximum atomic E-state index is 12.0. The quantitative estimate of drug-likeness (QED) is 0.777. The Kier molecular flexibility index (Phi) is 6.41. The van der Waals surface area contributed by atoms with Gasteiger partial charge in [-0.25, -0.2) is 0 Å². The van der Waals surface area contributed by atoms with Gasteiger partial charge in [-0.05, 0) is 49.1 Å². The number of carbonyl (C=O) groups is 1. The first-order chi connectivity index (χ1) is 12.3. The van der Waals surface area contributed by atoms with Crippen molar-refractivity contribution in [2.75, 3.05) is 26.2 Å². The lowest BCUT2D eigenvalue weighted by Crippen LogP contribution is -2.30. The van der Waals surface area contributed by atoms with Gasteiger partial charge in [-0.15, -0.1) is 0 Å². The van der Waals surface area contributed by atoms with Crippen molar-refractivity contribution in [1.29, 1.82) is 0 Å². The number of benzene rings is 2. The van der Waals surface area contributed by atoms with Crippen LogP contribution in [-0.2, 0) is 0 Å². The van der Waals surface area contributed by atoms with Crippen LogP contribution in [0.5, 0.6) is 0 Å². The Balaban J connectivity index is 1.33. The predicted molar refractivity (Wildman–Crippen MR) is 103 cm³/mol. The van der Waals surface area contributed by atoms with Crippen LogP contribution in [0.1, 0.15) is 35.2 Å². The normalized spacial score (nSPS) is 14.8. The summed E-state index contributed by atoms with van der Waals surface area (Å²) in [5.74, 6) is 0.0222. The maximum Gasteiger partial charge on any atom is 0.251 e. The number of nitrogens with zero attached hydrogens (tertiary/aromatic N) is 1. The Morgan fingerprint density at radius 1 is 0.960 bits per heavy atom. The van der Waals surface area contributed by atoms with E-state index in [0.29, 0.717) is 0 Å². The second-order valence-corrected chi connectivity index (χ2v) is 6.48. The Hall–Kier alpha value is -2.39. The van der Waals surface area contributed by atoms with Crippen LogP contribution < -0.4 is 5.32 Å². The Labute approximate surface area is 150 Å². The highest BCUT2D eigenvalue weighted by atomic mass is 16.1. The molecule has 0 spiro atoms. The van der Waals surface area contributed by atoms with Gasteiger partial charge < -0.3 is 5.32 Å². The van der Waals surface area contributed by atoms with Crippen molar-refractivity contribution in [2.45, 2.75) is 19.3 Å². The summed E-state index contributed by atoms with van der Waals surface area (Å²) in [7, 11) is 0. The van der Waals surface area contributed by atoms with E-state index in [0.717, 1.165) is 51.0 Å². The van der Waals surface area contributed by atoms with Crippen LogP contribution in [-0.4, -0.2) is 37.0 Å². The van der Waals surface area contributed by atoms with Gasteiger partial charge in [0, 0.05) is 25.2 Å². The predicted octanol–water partition coefficient (Wildman–Crippen LogP) is 3.99. The van der Waals surface area contributed by atoms with E-state index in [1.165, 1.54) is 11.1 Å². The van der Waals surface area contributed by atoms with Crippen molar-refractivity contribution in [2.24, 2.45) is 0 Å². The zero-order chi connectivity index (χ0) is 17.3. The molecule has 1 heterocycles. The van der Waals surface area contributed by atoms with E-state index in [1.807, 2.05) is 30.3 Å². The standard InChI is InChI=1S/C22H26N2O/c25-22(21-11-5-2-6-12-21)23-15-7-8-16-24-17-13-20(14-18-24)19-9-3-1-4-10-19/h1-6,9-13H,7-8,14-18H2,(H,23,25). The molecule has 2 aromatic rings. The van der Waals surface area contributed by atoms with E-state index >= 15 is 0 Å². The van der Waals surface area contributed by atoms with Gasteiger partial charge in [0.1, 0.15) is 0 Å². The Morgan fingerprint density at radius 3 is 2.36 bits per heavy atom. The molecule has 1 N–H and O–H groups in total. The monoisotopic (exact) mass is 334 g/mol. The Morgan fingerprint density at radius 2 is 1.68 bits per heavy atom. The van der Waals surface area contributed by atoms with E-state index in [1.54, 1.807) is 0 Å². The molecule has 0 aliphatic carbocycles. The van der Waals surface area contributed by atoms with Gasteiger partial charge in [0.05, 0.1) is 0 Å². The number of hydrogen-bond donors (Lipinski definition) is 1. The summed E-state index contributed by atoms with van der Waals surface area (Å²) < 4.78 is 0. The molecule has 0 saturated carbocycles. The minimum Gasteiger partial charge on any atom is -0.352 e. The molecule has 130 valence electrons. The Bertz CT molecular complexity index is 694. The van der Waals surface area contributed by atoms with Gasteiger partial charge in [-0.2, -0.15) is 0 Å². The van der Waals surface area contributed by atoms with Gasteiger partial charge in [-0.1, -0.05) is 54.6 Å². The van der Waals surface area contributed by atoms with E-state index < -0.39 is 0 Å². The number of amides is 1. The van der Waals surface area contributed by atoms with Crippen LogP contribution in [0.25, 0.3) is 5.57 Å². The fraction of sp³-hybridized carbons (Fsp3) is 0.318. The number of hydrogen-bond acceptors (Lipinski definition) is 2. The summed E-state index contributed by atoms with van der Waals surface area (Å²) in [4.78, 5) is 14.4. The molecule has 1 aliphatic rings. The fourth-order valence-corrected chi connectivity index (χ4v) is 3.18. The van der Waals surface area contributed by atoms with Crippen LogP contribution in [0, 0.1) is 0 Å². The third-order valence-corrected chi connectivity index (χ3v) is 4.66. The third kappa shape index (κ3) is 5.30. The first-order valence-electron chi connectivity index (χ1n) is 9.13. The molecule has 1 amide bonds. The average molecular weight is 334 g/mol. The van der Waals surface area contributed by atoms with Crippen molar-refractivity contribution in [1.82, 2.24) is 10.2 Å². The lowest BCUT2D eigenvalue weighted by atomic mass is 9.99. The van der Waals surface area contributed by atoms with E-state index in [4.69, 9.17) is 0 Å². The summed E-state index contributed by atoms with van der Waals surface area (Å²) in [6, 6.07) is 20.1. The van der Waals surface area contributed by atoms with Crippen LogP contribution in [0.4, 0.5) is 0 Å². The first-order valence-corrected chi connectivity index (χ1v) is 9.13. The molecule has 0 unspecified atom stereocenters. The summed E-state index contributed by atoms with van der Waals surface area (Å²) in [5, 5.41) is 3.00. The molecular weight excluding hydrogens is 308 g/mol. The van der Waals surface area contributed by atoms with Crippen molar-refractivity contribution in [3.8, 4) is 0 Å². The second-order valence-electron chi connectivity index (χ2n) is 6.48. The molecule has 0 bridgehead atoms. The highest BCUT2D eigenvalue weighted by Crippen LogP contribution is 2.21. The molecule has 3 nitrogen and oxygen atoms in total. The number of unbranched alkanes of at least 4 members (excludes halogenated alkanes) is 1. The van der Waals surface area contributed by atoms with Crippen LogP contribution in [0.2, 0.25) is 0 Å². The molecule has 1 aliphatic heterocycles. The second kappa shape index (κ2) is 9.19. The minimum atomic E-state index is 0.0222. The molecule has 0 saturated heterocycles. The SMILES string of the molecule is O=C(NCCCCN1CC=C(c2ccccc2)CC1)c1ccccc1. The van der Waals surface area contributed by atoms with Crippen LogP contribution >= 0.6 is 0 Å². The largest absolute Gasteiger partial charge is 0.352 e. The van der Waals surface area contributed by atoms with Crippen molar-refractivity contribution in [3.05, 3.63) is 77.9 Å². The van der Waals surface area contributed by atoms with E-state index in [2.05, 4.69) is 46.6 Å². The van der Waals surface area contributed by atoms with Gasteiger partial charge in [0.15, 0.2) is 0 Å². The topological polar surface area (TPSA) is 32.3 Å². The van der Waals surface area contributed by atoms with Crippen LogP contribution in [0.15, 0.2) is 66.7 Å². The van der Waals surface area contributed by atoms with Crippen LogP contribution in [0.3, 0.4) is 0 Å². The minimum absolute atomic E-state index is 0.0222. The van der Waals surface area contributed by atoms with E-state index in [-0.39, 0.29) is 5.91 Å². The highest BCUT2D eigenvalue weighted by molar-refractivity contribution is 5.94. The third-order valence-electron chi connectivity index (χ3n) is 4.66. The number of rotatable bonds is 7. The number of carbonyl (C=O) groups excluding carboxylic acids is 1. The molecule has 2 aromatic carbocycles. The molecular formula is C22H26N2O. The van der Waals surface area contributed by atoms with Gasteiger partial charge >= 0.3 is 0 Å². The van der Waals surface area contributed by atoms with E-state index in [9.17, 15) is 4.79 Å². The lowest BCUT2D eigenvalue weighted by Gasteiger charge is -2.26. The molecule has 0 fully saturated rings. The first kappa shape index (κ1) is 17.4. The summed E-state index contributed by atoms with van der Waals surface area (Å²) in [5.41, 5.74) is 3.55. The van der Waals surface area contributed by atoms with Gasteiger partial charge in [0.25, 0.3) is 5.91 Å². The van der Waals surface area contributed by atoms with Gasteiger partial charge in [0.2, 0.25) is 0 Å². The highest BCUT2D eigenvalue weighted by Gasteiger charge is 2.12. The molecule has 0 atom stereocenters. The summed E-state index contributed by atoms with van der Waals surface area (Å²) >= 11 is 0. The molecule has 3 heteroatoms. The zero-order valence-corrected chi connectivity index (χ0v) is 14.7.